The van der Waals surface area contributed by atoms with Gasteiger partial charge >= 0.3 is 0 Å². The van der Waals surface area contributed by atoms with Crippen LogP contribution in [0.4, 0.5) is 19.6 Å². The molecule has 3 aromatic rings. The van der Waals surface area contributed by atoms with Crippen LogP contribution in [0.25, 0.3) is 0 Å². The molecule has 1 aromatic heterocycles. The van der Waals surface area contributed by atoms with Crippen LogP contribution in [0.2, 0.25) is 0 Å². The summed E-state index contributed by atoms with van der Waals surface area (Å²) in [6.45, 7) is 3.91. The van der Waals surface area contributed by atoms with Crippen LogP contribution < -0.4 is 10.6 Å². The maximum absolute atomic E-state index is 13.6. The molecule has 146 valence electrons. The molecular formula is C19H18F2N4OS2. The standard InChI is InChI=1S/C19H18F2N4OS2/c1-11-3-8-15(9-16(11)21)23-17(26)12(2)27-19-25-24-18(28-19)22-10-13-4-6-14(20)7-5-13/h3-9,12H,10H2,1-2H3,(H,22,24)(H,23,26). The molecule has 1 atom stereocenters. The second-order valence-corrected chi connectivity index (χ2v) is 8.63. The Morgan fingerprint density at radius 1 is 1.18 bits per heavy atom. The molecule has 9 heteroatoms. The van der Waals surface area contributed by atoms with E-state index in [1.807, 2.05) is 0 Å². The molecule has 1 unspecified atom stereocenters. The molecule has 28 heavy (non-hydrogen) atoms. The van der Waals surface area contributed by atoms with Crippen molar-refractivity contribution in [3.8, 4) is 0 Å². The van der Waals surface area contributed by atoms with Crippen molar-refractivity contribution in [2.45, 2.75) is 30.0 Å². The monoisotopic (exact) mass is 420 g/mol. The summed E-state index contributed by atoms with van der Waals surface area (Å²) in [6.07, 6.45) is 0. The third kappa shape index (κ3) is 5.49. The van der Waals surface area contributed by atoms with Crippen molar-refractivity contribution >= 4 is 39.8 Å². The Kier molecular flexibility index (Phi) is 6.58. The fraction of sp³-hybridized carbons (Fsp3) is 0.211. The lowest BCUT2D eigenvalue weighted by molar-refractivity contribution is -0.115. The summed E-state index contributed by atoms with van der Waals surface area (Å²) in [6, 6.07) is 10.8. The van der Waals surface area contributed by atoms with E-state index in [9.17, 15) is 13.6 Å². The number of amides is 1. The van der Waals surface area contributed by atoms with Gasteiger partial charge in [0, 0.05) is 12.2 Å². The van der Waals surface area contributed by atoms with Crippen molar-refractivity contribution in [3.05, 3.63) is 65.2 Å². The minimum absolute atomic E-state index is 0.246. The topological polar surface area (TPSA) is 66.9 Å². The summed E-state index contributed by atoms with van der Waals surface area (Å²) in [5.74, 6) is -0.887. The van der Waals surface area contributed by atoms with Gasteiger partial charge in [0.15, 0.2) is 4.34 Å². The van der Waals surface area contributed by atoms with Crippen LogP contribution >= 0.6 is 23.1 Å². The van der Waals surface area contributed by atoms with Gasteiger partial charge in [-0.2, -0.15) is 0 Å². The van der Waals surface area contributed by atoms with Crippen LogP contribution in [-0.2, 0) is 11.3 Å². The van der Waals surface area contributed by atoms with Crippen molar-refractivity contribution < 1.29 is 13.6 Å². The molecule has 0 radical (unpaired) electrons. The van der Waals surface area contributed by atoms with E-state index in [1.54, 1.807) is 38.1 Å². The first kappa shape index (κ1) is 20.2. The summed E-state index contributed by atoms with van der Waals surface area (Å²) in [7, 11) is 0. The Balaban J connectivity index is 1.52. The van der Waals surface area contributed by atoms with Gasteiger partial charge in [-0.25, -0.2) is 8.78 Å². The number of aromatic nitrogens is 2. The Labute approximate surface area is 169 Å². The number of rotatable bonds is 7. The van der Waals surface area contributed by atoms with Crippen molar-refractivity contribution in [1.82, 2.24) is 10.2 Å². The lowest BCUT2D eigenvalue weighted by atomic mass is 10.2. The predicted molar refractivity (Wildman–Crippen MR) is 109 cm³/mol. The van der Waals surface area contributed by atoms with Gasteiger partial charge in [0.05, 0.1) is 5.25 Å². The molecule has 1 amide bonds. The molecule has 0 saturated heterocycles. The van der Waals surface area contributed by atoms with Gasteiger partial charge in [-0.15, -0.1) is 10.2 Å². The highest BCUT2D eigenvalue weighted by Gasteiger charge is 2.17. The third-order valence-electron chi connectivity index (χ3n) is 3.85. The van der Waals surface area contributed by atoms with Crippen LogP contribution in [0.3, 0.4) is 0 Å². The van der Waals surface area contributed by atoms with E-state index < -0.39 is 5.25 Å². The first-order valence-electron chi connectivity index (χ1n) is 8.46. The number of hydrogen-bond acceptors (Lipinski definition) is 6. The van der Waals surface area contributed by atoms with Crippen LogP contribution in [0.15, 0.2) is 46.8 Å². The van der Waals surface area contributed by atoms with Crippen molar-refractivity contribution in [3.63, 3.8) is 0 Å². The molecule has 2 N–H and O–H groups in total. The summed E-state index contributed by atoms with van der Waals surface area (Å²) >= 11 is 2.60. The molecular weight excluding hydrogens is 402 g/mol. The van der Waals surface area contributed by atoms with E-state index in [0.717, 1.165) is 5.56 Å². The molecule has 0 saturated carbocycles. The van der Waals surface area contributed by atoms with Crippen LogP contribution in [0.5, 0.6) is 0 Å². The molecule has 0 aliphatic carbocycles. The Bertz CT molecular complexity index is 963. The number of nitrogens with zero attached hydrogens (tertiary/aromatic N) is 2. The zero-order chi connectivity index (χ0) is 20.1. The minimum Gasteiger partial charge on any atom is -0.356 e. The fourth-order valence-corrected chi connectivity index (χ4v) is 4.12. The van der Waals surface area contributed by atoms with Crippen molar-refractivity contribution in [1.29, 1.82) is 0 Å². The zero-order valence-electron chi connectivity index (χ0n) is 15.2. The number of anilines is 2. The fourth-order valence-electron chi connectivity index (χ4n) is 2.23. The van der Waals surface area contributed by atoms with Gasteiger partial charge in [-0.3, -0.25) is 4.79 Å². The molecule has 3 rings (SSSR count). The molecule has 0 bridgehead atoms. The average molecular weight is 421 g/mol. The largest absolute Gasteiger partial charge is 0.356 e. The lowest BCUT2D eigenvalue weighted by Gasteiger charge is -2.10. The summed E-state index contributed by atoms with van der Waals surface area (Å²) in [5, 5.41) is 14.1. The van der Waals surface area contributed by atoms with E-state index >= 15 is 0 Å². The minimum atomic E-state index is -0.428. The maximum Gasteiger partial charge on any atom is 0.237 e. The molecule has 2 aromatic carbocycles. The van der Waals surface area contributed by atoms with E-state index in [0.29, 0.717) is 27.3 Å². The first-order chi connectivity index (χ1) is 13.4. The van der Waals surface area contributed by atoms with E-state index in [2.05, 4.69) is 20.8 Å². The van der Waals surface area contributed by atoms with E-state index in [1.165, 1.54) is 41.3 Å². The Morgan fingerprint density at radius 2 is 1.93 bits per heavy atom. The highest BCUT2D eigenvalue weighted by Crippen LogP contribution is 2.29. The van der Waals surface area contributed by atoms with E-state index in [-0.39, 0.29) is 17.5 Å². The van der Waals surface area contributed by atoms with Gasteiger partial charge in [-0.1, -0.05) is 41.3 Å². The summed E-state index contributed by atoms with van der Waals surface area (Å²) < 4.78 is 27.2. The normalized spacial score (nSPS) is 11.9. The van der Waals surface area contributed by atoms with Gasteiger partial charge in [0.1, 0.15) is 11.6 Å². The van der Waals surface area contributed by atoms with Crippen LogP contribution in [0.1, 0.15) is 18.1 Å². The molecule has 0 aliphatic heterocycles. The SMILES string of the molecule is Cc1ccc(NC(=O)C(C)Sc2nnc(NCc3ccc(F)cc3)s2)cc1F. The number of nitrogens with one attached hydrogen (secondary N) is 2. The highest BCUT2D eigenvalue weighted by atomic mass is 32.2. The molecule has 0 aliphatic rings. The second kappa shape index (κ2) is 9.11. The van der Waals surface area contributed by atoms with Crippen LogP contribution in [-0.4, -0.2) is 21.4 Å². The molecule has 0 fully saturated rings. The van der Waals surface area contributed by atoms with Gasteiger partial charge in [0.2, 0.25) is 11.0 Å². The highest BCUT2D eigenvalue weighted by molar-refractivity contribution is 8.02. The number of hydrogen-bond donors (Lipinski definition) is 2. The van der Waals surface area contributed by atoms with Gasteiger partial charge < -0.3 is 10.6 Å². The zero-order valence-corrected chi connectivity index (χ0v) is 16.8. The molecule has 0 spiro atoms. The number of aryl methyl sites for hydroxylation is 1. The lowest BCUT2D eigenvalue weighted by Crippen LogP contribution is -2.22. The quantitative estimate of drug-likeness (QED) is 0.535. The van der Waals surface area contributed by atoms with Gasteiger partial charge in [-0.05, 0) is 49.2 Å². The van der Waals surface area contributed by atoms with Crippen LogP contribution in [0, 0.1) is 18.6 Å². The second-order valence-electron chi connectivity index (χ2n) is 6.07. The number of thioether (sulfide) groups is 1. The summed E-state index contributed by atoms with van der Waals surface area (Å²) in [5.41, 5.74) is 1.86. The number of benzene rings is 2. The van der Waals surface area contributed by atoms with Crippen molar-refractivity contribution in [2.75, 3.05) is 10.6 Å². The Hall–Kier alpha value is -2.52. The molecule has 1 heterocycles. The summed E-state index contributed by atoms with van der Waals surface area (Å²) in [4.78, 5) is 12.3. The number of carbonyl (C=O) groups excluding carboxylic acids is 1. The number of halogens is 2. The predicted octanol–water partition coefficient (Wildman–Crippen LogP) is 4.86. The third-order valence-corrected chi connectivity index (χ3v) is 5.91. The first-order valence-corrected chi connectivity index (χ1v) is 10.2. The maximum atomic E-state index is 13.6. The number of carbonyl (C=O) groups is 1. The smallest absolute Gasteiger partial charge is 0.237 e. The molecule has 5 nitrogen and oxygen atoms in total. The Morgan fingerprint density at radius 3 is 2.64 bits per heavy atom. The van der Waals surface area contributed by atoms with Crippen molar-refractivity contribution in [2.24, 2.45) is 0 Å². The average Bonchev–Trinajstić information content (AvgIpc) is 3.11. The van der Waals surface area contributed by atoms with E-state index in [4.69, 9.17) is 0 Å². The van der Waals surface area contributed by atoms with Gasteiger partial charge in [0.25, 0.3) is 0 Å².